The van der Waals surface area contributed by atoms with Crippen molar-refractivity contribution in [3.63, 3.8) is 0 Å². The number of carbonyl (C=O) groups excluding carboxylic acids is 2. The van der Waals surface area contributed by atoms with E-state index < -0.39 is 85.9 Å². The first-order valence-corrected chi connectivity index (χ1v) is 24.7. The highest BCUT2D eigenvalue weighted by Gasteiger charge is 2.53. The van der Waals surface area contributed by atoms with Gasteiger partial charge < -0.3 is 54.7 Å². The predicted molar refractivity (Wildman–Crippen MR) is 235 cm³/mol. The van der Waals surface area contributed by atoms with Crippen molar-refractivity contribution < 1.29 is 64.3 Å². The van der Waals surface area contributed by atoms with Gasteiger partial charge in [0.25, 0.3) is 0 Å². The molecule has 13 heteroatoms. The third-order valence-electron chi connectivity index (χ3n) is 12.9. The number of hydrogen-bond acceptors (Lipinski definition) is 13. The molecular formula is C48H90O13. The van der Waals surface area contributed by atoms with Gasteiger partial charge in [-0.1, -0.05) is 182 Å². The molecule has 0 bridgehead atoms. The zero-order valence-electron chi connectivity index (χ0n) is 38.6. The summed E-state index contributed by atoms with van der Waals surface area (Å²) in [6, 6.07) is 0. The zero-order valence-corrected chi connectivity index (χ0v) is 38.6. The van der Waals surface area contributed by atoms with Crippen molar-refractivity contribution in [2.45, 2.75) is 275 Å². The highest BCUT2D eigenvalue weighted by Crippen LogP contribution is 2.31. The van der Waals surface area contributed by atoms with Crippen molar-refractivity contribution in [1.82, 2.24) is 0 Å². The summed E-state index contributed by atoms with van der Waals surface area (Å²) in [6.45, 7) is 8.71. The Hall–Kier alpha value is -1.42. The molecule has 61 heavy (non-hydrogen) atoms. The smallest absolute Gasteiger partial charge is 0.306 e. The van der Waals surface area contributed by atoms with E-state index >= 15 is 0 Å². The lowest BCUT2D eigenvalue weighted by atomic mass is 9.84. The van der Waals surface area contributed by atoms with Crippen LogP contribution in [0, 0.1) is 11.8 Å². The summed E-state index contributed by atoms with van der Waals surface area (Å²) in [7, 11) is 0. The minimum absolute atomic E-state index is 0.0812. The molecule has 1 aliphatic carbocycles. The molecule has 13 atom stereocenters. The summed E-state index contributed by atoms with van der Waals surface area (Å²) in [6.07, 6.45) is 11.1. The fourth-order valence-electron chi connectivity index (χ4n) is 8.69. The molecule has 1 saturated heterocycles. The number of rotatable bonds is 35. The zero-order chi connectivity index (χ0) is 45.0. The van der Waals surface area contributed by atoms with Gasteiger partial charge in [-0.15, -0.1) is 0 Å². The monoisotopic (exact) mass is 875 g/mol. The van der Waals surface area contributed by atoms with Crippen molar-refractivity contribution in [3.8, 4) is 0 Å². The third kappa shape index (κ3) is 22.4. The Labute approximate surface area is 368 Å². The quantitative estimate of drug-likeness (QED) is 0.0246. The van der Waals surface area contributed by atoms with Crippen molar-refractivity contribution >= 4 is 11.9 Å². The second kappa shape index (κ2) is 33.1. The Morgan fingerprint density at radius 3 is 1.28 bits per heavy atom. The lowest BCUT2D eigenvalue weighted by Crippen LogP contribution is -2.67. The van der Waals surface area contributed by atoms with Gasteiger partial charge in [0.15, 0.2) is 12.4 Å². The summed E-state index contributed by atoms with van der Waals surface area (Å²) in [5.41, 5.74) is 0. The molecule has 4 unspecified atom stereocenters. The molecule has 1 saturated carbocycles. The Bertz CT molecular complexity index is 1100. The maximum atomic E-state index is 13.0. The van der Waals surface area contributed by atoms with Crippen LogP contribution in [0.25, 0.3) is 0 Å². The molecule has 2 aliphatic rings. The third-order valence-corrected chi connectivity index (χ3v) is 12.9. The normalized spacial score (nSPS) is 29.0. The van der Waals surface area contributed by atoms with Crippen LogP contribution < -0.4 is 0 Å². The largest absolute Gasteiger partial charge is 0.463 e. The summed E-state index contributed by atoms with van der Waals surface area (Å²) in [4.78, 5) is 25.8. The van der Waals surface area contributed by atoms with Crippen LogP contribution in [0.5, 0.6) is 0 Å². The average Bonchev–Trinajstić information content (AvgIpc) is 3.24. The van der Waals surface area contributed by atoms with E-state index in [4.69, 9.17) is 18.9 Å². The lowest BCUT2D eigenvalue weighted by molar-refractivity contribution is -0.340. The average molecular weight is 875 g/mol. The Morgan fingerprint density at radius 1 is 0.459 bits per heavy atom. The molecule has 1 aliphatic heterocycles. The summed E-state index contributed by atoms with van der Waals surface area (Å²) in [5.74, 6) is 0.391. The fraction of sp³-hybridized carbons (Fsp3) is 0.958. The maximum Gasteiger partial charge on any atom is 0.306 e. The molecule has 0 aromatic rings. The summed E-state index contributed by atoms with van der Waals surface area (Å²) in [5, 5.41) is 73.6. The van der Waals surface area contributed by atoms with E-state index in [1.54, 1.807) is 0 Å². The molecule has 0 aromatic carbocycles. The van der Waals surface area contributed by atoms with Crippen LogP contribution in [0.4, 0.5) is 0 Å². The lowest BCUT2D eigenvalue weighted by Gasteiger charge is -2.46. The second-order valence-electron chi connectivity index (χ2n) is 18.7. The molecular weight excluding hydrogens is 785 g/mol. The van der Waals surface area contributed by atoms with Crippen molar-refractivity contribution in [1.29, 1.82) is 0 Å². The minimum atomic E-state index is -1.89. The van der Waals surface area contributed by atoms with Crippen LogP contribution in [-0.2, 0) is 28.5 Å². The van der Waals surface area contributed by atoms with Gasteiger partial charge in [0.1, 0.15) is 61.5 Å². The molecule has 360 valence electrons. The molecule has 0 radical (unpaired) electrons. The van der Waals surface area contributed by atoms with E-state index in [1.807, 2.05) is 0 Å². The highest BCUT2D eigenvalue weighted by molar-refractivity contribution is 5.70. The number of esters is 2. The van der Waals surface area contributed by atoms with Crippen molar-refractivity contribution in [2.75, 3.05) is 6.61 Å². The first-order valence-electron chi connectivity index (χ1n) is 24.7. The first kappa shape index (κ1) is 55.7. The minimum Gasteiger partial charge on any atom is -0.463 e. The first-order chi connectivity index (χ1) is 29.3. The van der Waals surface area contributed by atoms with E-state index in [1.165, 1.54) is 109 Å². The topological polar surface area (TPSA) is 213 Å². The Morgan fingerprint density at radius 2 is 0.820 bits per heavy atom. The molecule has 7 N–H and O–H groups in total. The molecule has 0 amide bonds. The van der Waals surface area contributed by atoms with E-state index in [9.17, 15) is 45.3 Å². The van der Waals surface area contributed by atoms with Crippen LogP contribution in [-0.4, -0.2) is 122 Å². The SMILES string of the molecule is CCCCCCCCC(C)CCCCCCCC(=O)OC[C@H]1O[C@H](OC2[C@@H](O)[C@H](O)C(O)[C@H](O)[C@H]2O)[C@@H](O)[C@@H](O)[C@@H]1OC(=O)CCCCCCCCCC(C)CCCCCC. The van der Waals surface area contributed by atoms with Gasteiger partial charge >= 0.3 is 11.9 Å². The number of carbonyl (C=O) groups is 2. The number of hydrogen-bond donors (Lipinski definition) is 7. The summed E-state index contributed by atoms with van der Waals surface area (Å²) >= 11 is 0. The van der Waals surface area contributed by atoms with Crippen molar-refractivity contribution in [2.24, 2.45) is 11.8 Å². The van der Waals surface area contributed by atoms with E-state index in [2.05, 4.69) is 27.7 Å². The predicted octanol–water partition coefficient (Wildman–Crippen LogP) is 7.33. The van der Waals surface area contributed by atoms with Crippen LogP contribution >= 0.6 is 0 Å². The van der Waals surface area contributed by atoms with Gasteiger partial charge in [-0.05, 0) is 24.7 Å². The molecule has 0 aromatic heterocycles. The van der Waals surface area contributed by atoms with Crippen LogP contribution in [0.15, 0.2) is 0 Å². The number of aliphatic hydroxyl groups is 7. The maximum absolute atomic E-state index is 13.0. The Balaban J connectivity index is 1.82. The molecule has 2 fully saturated rings. The molecule has 0 spiro atoms. The molecule has 13 nitrogen and oxygen atoms in total. The van der Waals surface area contributed by atoms with Gasteiger partial charge in [0.05, 0.1) is 0 Å². The number of ether oxygens (including phenoxy) is 4. The highest BCUT2D eigenvalue weighted by atomic mass is 16.7. The van der Waals surface area contributed by atoms with Crippen LogP contribution in [0.1, 0.15) is 207 Å². The van der Waals surface area contributed by atoms with Crippen LogP contribution in [0.3, 0.4) is 0 Å². The molecule has 2 rings (SSSR count). The Kier molecular flexibility index (Phi) is 30.2. The van der Waals surface area contributed by atoms with E-state index in [0.717, 1.165) is 56.8 Å². The van der Waals surface area contributed by atoms with E-state index in [-0.39, 0.29) is 12.8 Å². The van der Waals surface area contributed by atoms with Gasteiger partial charge in [-0.3, -0.25) is 9.59 Å². The number of aliphatic hydroxyl groups excluding tert-OH is 7. The second-order valence-corrected chi connectivity index (χ2v) is 18.7. The molecule has 1 heterocycles. The van der Waals surface area contributed by atoms with E-state index in [0.29, 0.717) is 12.8 Å². The van der Waals surface area contributed by atoms with Gasteiger partial charge in [-0.2, -0.15) is 0 Å². The van der Waals surface area contributed by atoms with Gasteiger partial charge in [0, 0.05) is 12.8 Å². The van der Waals surface area contributed by atoms with Gasteiger partial charge in [-0.25, -0.2) is 0 Å². The number of unbranched alkanes of at least 4 members (excludes halogenated alkanes) is 18. The van der Waals surface area contributed by atoms with Crippen molar-refractivity contribution in [3.05, 3.63) is 0 Å². The fourth-order valence-corrected chi connectivity index (χ4v) is 8.69. The van der Waals surface area contributed by atoms with Gasteiger partial charge in [0.2, 0.25) is 0 Å². The summed E-state index contributed by atoms with van der Waals surface area (Å²) < 4.78 is 22.6. The standard InChI is InChI=1S/C48H90O13/c1-5-7-9-11-16-22-28-35(4)30-24-18-15-20-25-31-37(49)58-33-36-46(44(56)45(57)48(59-36)61-47-42(54)40(52)39(51)41(53)43(47)55)60-38(50)32-26-19-14-12-13-17-23-29-34(3)27-21-10-8-6-2/h34-36,39-48,51-57H,5-33H2,1-4H3/t34?,35?,36-,39?,40-,41+,42+,43-,44-,45+,46-,47?,48-/m1/s1. The van der Waals surface area contributed by atoms with Crippen LogP contribution in [0.2, 0.25) is 0 Å².